The van der Waals surface area contributed by atoms with Crippen molar-refractivity contribution in [3.05, 3.63) is 46.5 Å². The molecule has 3 heterocycles. The molecule has 188 valence electrons. The van der Waals surface area contributed by atoms with E-state index in [0.717, 1.165) is 25.7 Å². The van der Waals surface area contributed by atoms with Gasteiger partial charge in [0.25, 0.3) is 11.5 Å². The van der Waals surface area contributed by atoms with Gasteiger partial charge in [0, 0.05) is 45.6 Å². The minimum Gasteiger partial charge on any atom is -0.396 e. The van der Waals surface area contributed by atoms with Crippen LogP contribution in [0.4, 0.5) is 17.3 Å². The van der Waals surface area contributed by atoms with Crippen LogP contribution in [-0.4, -0.2) is 63.6 Å². The lowest BCUT2D eigenvalue weighted by Crippen LogP contribution is -2.30. The molecule has 0 saturated heterocycles. The average Bonchev–Trinajstić information content (AvgIpc) is 3.32. The maximum Gasteiger partial charge on any atom is 0.274 e. The number of rotatable bonds is 9. The number of methoxy groups -OCH3 is 1. The second-order valence-corrected chi connectivity index (χ2v) is 8.99. The Kier molecular flexibility index (Phi) is 7.67. The van der Waals surface area contributed by atoms with E-state index in [4.69, 9.17) is 4.74 Å². The highest BCUT2D eigenvalue weighted by atomic mass is 16.5. The second-order valence-electron chi connectivity index (χ2n) is 8.99. The highest BCUT2D eigenvalue weighted by Gasteiger charge is 2.23. The van der Waals surface area contributed by atoms with E-state index in [1.54, 1.807) is 30.9 Å². The standard InChI is InChI=1S/C24H33N7O4/c1-15(14-32)12-26-23(33)18-13-27-31-21(25-2)11-20(29-22(18)31)28-19-5-4-10-30(24(19)34)16-6-8-17(35-3)9-7-16/h4-5,10-11,13,15-17,25,32H,6-9,12,14H2,1-3H3,(H,26,33)(H,28,29)/t15-,16?,17?/m1/s1. The second kappa shape index (κ2) is 10.9. The molecule has 0 aliphatic heterocycles. The fourth-order valence-electron chi connectivity index (χ4n) is 4.38. The summed E-state index contributed by atoms with van der Waals surface area (Å²) >= 11 is 0. The number of pyridine rings is 1. The summed E-state index contributed by atoms with van der Waals surface area (Å²) in [5, 5.41) is 22.5. The lowest BCUT2D eigenvalue weighted by atomic mass is 9.92. The lowest BCUT2D eigenvalue weighted by molar-refractivity contribution is 0.0580. The lowest BCUT2D eigenvalue weighted by Gasteiger charge is -2.29. The number of hydrogen-bond donors (Lipinski definition) is 4. The molecule has 11 heteroatoms. The Hall–Kier alpha value is -3.44. The Labute approximate surface area is 203 Å². The van der Waals surface area contributed by atoms with Crippen molar-refractivity contribution in [2.24, 2.45) is 5.92 Å². The van der Waals surface area contributed by atoms with Gasteiger partial charge >= 0.3 is 0 Å². The molecule has 1 fully saturated rings. The van der Waals surface area contributed by atoms with Crippen molar-refractivity contribution >= 4 is 28.9 Å². The highest BCUT2D eigenvalue weighted by molar-refractivity contribution is 6.00. The molecule has 11 nitrogen and oxygen atoms in total. The van der Waals surface area contributed by atoms with Crippen molar-refractivity contribution in [3.8, 4) is 0 Å². The Morgan fingerprint density at radius 3 is 2.77 bits per heavy atom. The number of hydrogen-bond acceptors (Lipinski definition) is 8. The molecule has 0 radical (unpaired) electrons. The minimum atomic E-state index is -0.333. The number of aliphatic hydroxyl groups is 1. The Morgan fingerprint density at radius 1 is 1.31 bits per heavy atom. The summed E-state index contributed by atoms with van der Waals surface area (Å²) in [5.41, 5.74) is 0.936. The highest BCUT2D eigenvalue weighted by Crippen LogP contribution is 2.29. The number of aromatic nitrogens is 4. The zero-order valence-corrected chi connectivity index (χ0v) is 20.3. The van der Waals surface area contributed by atoms with E-state index in [1.807, 2.05) is 19.2 Å². The van der Waals surface area contributed by atoms with Crippen LogP contribution in [0.1, 0.15) is 49.0 Å². The fourth-order valence-corrected chi connectivity index (χ4v) is 4.38. The van der Waals surface area contributed by atoms with Gasteiger partial charge in [0.1, 0.15) is 22.9 Å². The van der Waals surface area contributed by atoms with Gasteiger partial charge in [-0.15, -0.1) is 0 Å². The van der Waals surface area contributed by atoms with Crippen LogP contribution in [0.25, 0.3) is 5.65 Å². The minimum absolute atomic E-state index is 0.0202. The number of carbonyl (C=O) groups is 1. The first-order valence-corrected chi connectivity index (χ1v) is 11.9. The van der Waals surface area contributed by atoms with Gasteiger partial charge in [-0.2, -0.15) is 9.61 Å². The van der Waals surface area contributed by atoms with E-state index in [-0.39, 0.29) is 36.1 Å². The molecule has 3 aromatic rings. The first-order valence-electron chi connectivity index (χ1n) is 11.9. The van der Waals surface area contributed by atoms with E-state index in [2.05, 4.69) is 26.0 Å². The quantitative estimate of drug-likeness (QED) is 0.364. The number of aliphatic hydroxyl groups excluding tert-OH is 1. The van der Waals surface area contributed by atoms with Crippen molar-refractivity contribution in [2.45, 2.75) is 44.8 Å². The van der Waals surface area contributed by atoms with Gasteiger partial charge in [-0.3, -0.25) is 9.59 Å². The van der Waals surface area contributed by atoms with Crippen molar-refractivity contribution in [2.75, 3.05) is 37.9 Å². The van der Waals surface area contributed by atoms with Crippen LogP contribution in [0, 0.1) is 5.92 Å². The van der Waals surface area contributed by atoms with Crippen LogP contribution in [0.15, 0.2) is 35.4 Å². The Morgan fingerprint density at radius 2 is 2.09 bits per heavy atom. The van der Waals surface area contributed by atoms with E-state index >= 15 is 0 Å². The Balaban J connectivity index is 1.61. The number of ether oxygens (including phenoxy) is 1. The van der Waals surface area contributed by atoms with Gasteiger partial charge < -0.3 is 30.4 Å². The summed E-state index contributed by atoms with van der Waals surface area (Å²) < 4.78 is 8.78. The molecule has 3 aromatic heterocycles. The van der Waals surface area contributed by atoms with Gasteiger partial charge in [-0.25, -0.2) is 4.98 Å². The topological polar surface area (TPSA) is 135 Å². The number of amides is 1. The number of nitrogens with zero attached hydrogens (tertiary/aromatic N) is 4. The maximum absolute atomic E-state index is 13.3. The summed E-state index contributed by atoms with van der Waals surface area (Å²) in [7, 11) is 3.48. The molecule has 1 saturated carbocycles. The SMILES string of the molecule is CNc1cc(Nc2cccn(C3CCC(OC)CC3)c2=O)nc2c(C(=O)NC[C@@H](C)CO)cnn12. The molecule has 1 aliphatic rings. The monoisotopic (exact) mass is 483 g/mol. The molecule has 0 spiro atoms. The summed E-state index contributed by atoms with van der Waals surface area (Å²) in [4.78, 5) is 30.6. The number of anilines is 3. The number of carbonyl (C=O) groups excluding carboxylic acids is 1. The summed E-state index contributed by atoms with van der Waals surface area (Å²) in [6, 6.07) is 5.44. The van der Waals surface area contributed by atoms with Crippen molar-refractivity contribution < 1.29 is 14.6 Å². The molecule has 1 atom stereocenters. The molecule has 0 bridgehead atoms. The predicted octanol–water partition coefficient (Wildman–Crippen LogP) is 2.16. The molecule has 35 heavy (non-hydrogen) atoms. The molecule has 4 N–H and O–H groups in total. The number of fused-ring (bicyclic) bond motifs is 1. The third-order valence-electron chi connectivity index (χ3n) is 6.50. The zero-order valence-electron chi connectivity index (χ0n) is 20.3. The third-order valence-corrected chi connectivity index (χ3v) is 6.50. The Bertz CT molecular complexity index is 1230. The van der Waals surface area contributed by atoms with Crippen LogP contribution in [0.5, 0.6) is 0 Å². The molecular formula is C24H33N7O4. The summed E-state index contributed by atoms with van der Waals surface area (Å²) in [5.74, 6) is 0.622. The van der Waals surface area contributed by atoms with Gasteiger partial charge in [0.15, 0.2) is 5.65 Å². The van der Waals surface area contributed by atoms with Crippen molar-refractivity contribution in [1.82, 2.24) is 24.5 Å². The molecular weight excluding hydrogens is 450 g/mol. The zero-order chi connectivity index (χ0) is 24.9. The van der Waals surface area contributed by atoms with Crippen LogP contribution >= 0.6 is 0 Å². The predicted molar refractivity (Wildman–Crippen MR) is 133 cm³/mol. The van der Waals surface area contributed by atoms with Crippen molar-refractivity contribution in [1.29, 1.82) is 0 Å². The van der Waals surface area contributed by atoms with E-state index in [1.165, 1.54) is 10.7 Å². The van der Waals surface area contributed by atoms with Gasteiger partial charge in [0.2, 0.25) is 0 Å². The third kappa shape index (κ3) is 5.30. The first-order chi connectivity index (χ1) is 16.9. The molecule has 0 aromatic carbocycles. The number of nitrogens with one attached hydrogen (secondary N) is 3. The van der Waals surface area contributed by atoms with E-state index in [0.29, 0.717) is 35.1 Å². The fraction of sp³-hybridized carbons (Fsp3) is 0.500. The molecule has 0 unspecified atom stereocenters. The largest absolute Gasteiger partial charge is 0.396 e. The molecule has 1 amide bonds. The summed E-state index contributed by atoms with van der Waals surface area (Å²) in [6.45, 7) is 2.15. The van der Waals surface area contributed by atoms with Crippen molar-refractivity contribution in [3.63, 3.8) is 0 Å². The van der Waals surface area contributed by atoms with E-state index < -0.39 is 0 Å². The van der Waals surface area contributed by atoms with Crippen LogP contribution in [-0.2, 0) is 4.74 Å². The maximum atomic E-state index is 13.3. The van der Waals surface area contributed by atoms with Crippen LogP contribution in [0.3, 0.4) is 0 Å². The summed E-state index contributed by atoms with van der Waals surface area (Å²) in [6.07, 6.45) is 7.17. The van der Waals surface area contributed by atoms with Gasteiger partial charge in [0.05, 0.1) is 12.3 Å². The normalized spacial score (nSPS) is 18.9. The smallest absolute Gasteiger partial charge is 0.274 e. The van der Waals surface area contributed by atoms with Crippen LogP contribution in [0.2, 0.25) is 0 Å². The van der Waals surface area contributed by atoms with Crippen LogP contribution < -0.4 is 21.5 Å². The van der Waals surface area contributed by atoms with E-state index in [9.17, 15) is 14.7 Å². The van der Waals surface area contributed by atoms with Gasteiger partial charge in [-0.1, -0.05) is 6.92 Å². The average molecular weight is 484 g/mol. The molecule has 1 aliphatic carbocycles. The first kappa shape index (κ1) is 24.7. The molecule has 4 rings (SSSR count). The van der Waals surface area contributed by atoms with Gasteiger partial charge in [-0.05, 0) is 43.7 Å².